The van der Waals surface area contributed by atoms with Crippen LogP contribution in [0.15, 0.2) is 52.9 Å². The van der Waals surface area contributed by atoms with E-state index in [1.807, 2.05) is 6.07 Å². The predicted octanol–water partition coefficient (Wildman–Crippen LogP) is 4.71. The molecule has 1 aromatic heterocycles. The molecule has 3 aromatic rings. The minimum absolute atomic E-state index is 0.00851. The molecule has 0 bridgehead atoms. The second-order valence-corrected chi connectivity index (χ2v) is 6.82. The monoisotopic (exact) mass is 424 g/mol. The molecule has 3 rings (SSSR count). The van der Waals surface area contributed by atoms with Gasteiger partial charge in [0.05, 0.1) is 18.8 Å². The number of ether oxygens (including phenoxy) is 3. The summed E-state index contributed by atoms with van der Waals surface area (Å²) in [5, 5.41) is 0.704. The molecule has 31 heavy (non-hydrogen) atoms. The molecule has 0 saturated carbocycles. The van der Waals surface area contributed by atoms with Gasteiger partial charge in [0.2, 0.25) is 5.76 Å². The summed E-state index contributed by atoms with van der Waals surface area (Å²) < 4.78 is 21.6. The maximum absolute atomic E-state index is 12.2. The molecule has 0 radical (unpaired) electrons. The van der Waals surface area contributed by atoms with Crippen molar-refractivity contribution in [2.24, 2.45) is 0 Å². The minimum Gasteiger partial charge on any atom is -0.494 e. The lowest BCUT2D eigenvalue weighted by molar-refractivity contribution is -0.145. The van der Waals surface area contributed by atoms with Gasteiger partial charge in [-0.15, -0.1) is 0 Å². The molecule has 7 heteroatoms. The summed E-state index contributed by atoms with van der Waals surface area (Å²) >= 11 is 0. The zero-order chi connectivity index (χ0) is 22.2. The molecule has 0 N–H and O–H groups in total. The molecule has 0 amide bonds. The van der Waals surface area contributed by atoms with Crippen LogP contribution >= 0.6 is 0 Å². The molecule has 0 fully saturated rings. The first-order valence-electron chi connectivity index (χ1n) is 10.1. The van der Waals surface area contributed by atoms with Gasteiger partial charge < -0.3 is 18.6 Å². The Morgan fingerprint density at radius 3 is 2.42 bits per heavy atom. The van der Waals surface area contributed by atoms with Gasteiger partial charge in [-0.05, 0) is 50.6 Å². The topological polar surface area (TPSA) is 92.0 Å². The van der Waals surface area contributed by atoms with E-state index in [1.165, 1.54) is 6.92 Å². The van der Waals surface area contributed by atoms with Gasteiger partial charge in [0.25, 0.3) is 0 Å². The lowest BCUT2D eigenvalue weighted by atomic mass is 10.1. The van der Waals surface area contributed by atoms with Crippen LogP contribution in [-0.4, -0.2) is 30.9 Å². The van der Waals surface area contributed by atoms with E-state index in [1.54, 1.807) is 49.4 Å². The fourth-order valence-electron chi connectivity index (χ4n) is 3.02. The molecule has 162 valence electrons. The van der Waals surface area contributed by atoms with Crippen molar-refractivity contribution >= 4 is 28.7 Å². The van der Waals surface area contributed by atoms with Gasteiger partial charge in [-0.25, -0.2) is 4.79 Å². The fourth-order valence-corrected chi connectivity index (χ4v) is 3.02. The van der Waals surface area contributed by atoms with Gasteiger partial charge in [0, 0.05) is 17.4 Å². The zero-order valence-electron chi connectivity index (χ0n) is 17.5. The van der Waals surface area contributed by atoms with Crippen LogP contribution in [0.25, 0.3) is 11.0 Å². The van der Waals surface area contributed by atoms with E-state index in [0.29, 0.717) is 40.9 Å². The van der Waals surface area contributed by atoms with Crippen LogP contribution in [0.5, 0.6) is 5.75 Å². The molecular formula is C24H24O7. The molecule has 0 aliphatic rings. The molecule has 0 spiro atoms. The van der Waals surface area contributed by atoms with Crippen LogP contribution in [0.4, 0.5) is 0 Å². The minimum atomic E-state index is -0.589. The van der Waals surface area contributed by atoms with Crippen LogP contribution in [0, 0.1) is 0 Å². The third kappa shape index (κ3) is 5.72. The van der Waals surface area contributed by atoms with Crippen molar-refractivity contribution in [1.82, 2.24) is 0 Å². The SMILES string of the molecule is CCOC(=O)c1oc2ccccc2c1COC(=O)CCCOc1ccc(C(C)=O)cc1. The standard InChI is InChI=1S/C24H24O7/c1-3-28-24(27)23-20(19-7-4-5-8-21(19)31-23)15-30-22(26)9-6-14-29-18-12-10-17(11-13-18)16(2)25/h4-5,7-8,10-13H,3,6,9,14-15H2,1-2H3. The van der Waals surface area contributed by atoms with E-state index in [4.69, 9.17) is 18.6 Å². The number of esters is 2. The third-order valence-corrected chi connectivity index (χ3v) is 4.59. The van der Waals surface area contributed by atoms with Gasteiger partial charge in [0.15, 0.2) is 5.78 Å². The average Bonchev–Trinajstić information content (AvgIpc) is 3.14. The first-order chi connectivity index (χ1) is 15.0. The first kappa shape index (κ1) is 22.1. The van der Waals surface area contributed by atoms with Crippen LogP contribution in [0.3, 0.4) is 0 Å². The number of ketones is 1. The summed E-state index contributed by atoms with van der Waals surface area (Å²) in [6.07, 6.45) is 0.625. The van der Waals surface area contributed by atoms with E-state index in [2.05, 4.69) is 0 Å². The number of Topliss-reactive ketones (excluding diaryl/α,β-unsaturated/α-hetero) is 1. The molecule has 0 aliphatic carbocycles. The number of benzene rings is 2. The Morgan fingerprint density at radius 1 is 0.968 bits per heavy atom. The van der Waals surface area contributed by atoms with E-state index < -0.39 is 11.9 Å². The average molecular weight is 424 g/mol. The number of carbonyl (C=O) groups is 3. The third-order valence-electron chi connectivity index (χ3n) is 4.59. The number of rotatable bonds is 10. The zero-order valence-corrected chi connectivity index (χ0v) is 17.5. The highest BCUT2D eigenvalue weighted by Crippen LogP contribution is 2.27. The van der Waals surface area contributed by atoms with Crippen LogP contribution in [0.1, 0.15) is 53.2 Å². The fraction of sp³-hybridized carbons (Fsp3) is 0.292. The van der Waals surface area contributed by atoms with Crippen molar-refractivity contribution < 1.29 is 33.0 Å². The summed E-state index contributed by atoms with van der Waals surface area (Å²) in [6, 6.07) is 14.0. The lowest BCUT2D eigenvalue weighted by Crippen LogP contribution is -2.10. The second kappa shape index (κ2) is 10.4. The molecule has 0 aliphatic heterocycles. The number of furan rings is 1. The highest BCUT2D eigenvalue weighted by molar-refractivity contribution is 5.96. The second-order valence-electron chi connectivity index (χ2n) is 6.82. The highest BCUT2D eigenvalue weighted by Gasteiger charge is 2.22. The first-order valence-corrected chi connectivity index (χ1v) is 10.1. The summed E-state index contributed by atoms with van der Waals surface area (Å²) in [5.74, 6) is -0.328. The number of hydrogen-bond donors (Lipinski definition) is 0. The van der Waals surface area contributed by atoms with E-state index in [0.717, 1.165) is 0 Å². The van der Waals surface area contributed by atoms with Crippen LogP contribution in [-0.2, 0) is 20.9 Å². The molecule has 1 heterocycles. The number of carbonyl (C=O) groups excluding carboxylic acids is 3. The molecule has 2 aromatic carbocycles. The Balaban J connectivity index is 1.51. The Bertz CT molecular complexity index is 1060. The van der Waals surface area contributed by atoms with Gasteiger partial charge in [0.1, 0.15) is 17.9 Å². The highest BCUT2D eigenvalue weighted by atomic mass is 16.5. The number of hydrogen-bond acceptors (Lipinski definition) is 7. The normalized spacial score (nSPS) is 10.6. The summed E-state index contributed by atoms with van der Waals surface area (Å²) in [4.78, 5) is 35.6. The summed E-state index contributed by atoms with van der Waals surface area (Å²) in [5.41, 5.74) is 1.63. The molecule has 0 saturated heterocycles. The van der Waals surface area contributed by atoms with E-state index in [-0.39, 0.29) is 31.2 Å². The van der Waals surface area contributed by atoms with Gasteiger partial charge in [-0.1, -0.05) is 18.2 Å². The number of fused-ring (bicyclic) bond motifs is 1. The molecule has 0 unspecified atom stereocenters. The maximum atomic E-state index is 12.2. The Hall–Kier alpha value is -3.61. The largest absolute Gasteiger partial charge is 0.494 e. The Labute approximate surface area is 179 Å². The van der Waals surface area contributed by atoms with Crippen LogP contribution < -0.4 is 4.74 Å². The summed E-state index contributed by atoms with van der Waals surface area (Å²) in [6.45, 7) is 3.67. The van der Waals surface area contributed by atoms with Crippen molar-refractivity contribution in [2.45, 2.75) is 33.3 Å². The molecular weight excluding hydrogens is 400 g/mol. The Morgan fingerprint density at radius 2 is 1.71 bits per heavy atom. The van der Waals surface area contributed by atoms with Gasteiger partial charge >= 0.3 is 11.9 Å². The van der Waals surface area contributed by atoms with E-state index >= 15 is 0 Å². The quantitative estimate of drug-likeness (QED) is 0.264. The summed E-state index contributed by atoms with van der Waals surface area (Å²) in [7, 11) is 0. The maximum Gasteiger partial charge on any atom is 0.374 e. The van der Waals surface area contributed by atoms with Crippen LogP contribution in [0.2, 0.25) is 0 Å². The van der Waals surface area contributed by atoms with Gasteiger partial charge in [-0.3, -0.25) is 9.59 Å². The van der Waals surface area contributed by atoms with Crippen molar-refractivity contribution in [3.8, 4) is 5.75 Å². The predicted molar refractivity (Wildman–Crippen MR) is 113 cm³/mol. The van der Waals surface area contributed by atoms with E-state index in [9.17, 15) is 14.4 Å². The van der Waals surface area contributed by atoms with Crippen molar-refractivity contribution in [1.29, 1.82) is 0 Å². The van der Waals surface area contributed by atoms with Crippen molar-refractivity contribution in [3.63, 3.8) is 0 Å². The lowest BCUT2D eigenvalue weighted by Gasteiger charge is -2.08. The number of para-hydroxylation sites is 1. The molecule has 7 nitrogen and oxygen atoms in total. The van der Waals surface area contributed by atoms with Gasteiger partial charge in [-0.2, -0.15) is 0 Å². The molecule has 0 atom stereocenters. The van der Waals surface area contributed by atoms with Crippen molar-refractivity contribution in [3.05, 3.63) is 65.4 Å². The van der Waals surface area contributed by atoms with Crippen molar-refractivity contribution in [2.75, 3.05) is 13.2 Å². The smallest absolute Gasteiger partial charge is 0.374 e. The Kier molecular flexibility index (Phi) is 7.43.